The molecule has 21 heavy (non-hydrogen) atoms. The first-order valence-corrected chi connectivity index (χ1v) is 8.86. The molecule has 2 aliphatic heterocycles. The van der Waals surface area contributed by atoms with E-state index < -0.39 is 0 Å². The minimum atomic E-state index is 0.376. The highest BCUT2D eigenvalue weighted by atomic mass is 16.5. The molecule has 0 aromatic heterocycles. The van der Waals surface area contributed by atoms with Gasteiger partial charge in [-0.15, -0.1) is 0 Å². The van der Waals surface area contributed by atoms with Crippen molar-refractivity contribution in [3.05, 3.63) is 0 Å². The molecule has 0 aromatic carbocycles. The van der Waals surface area contributed by atoms with E-state index in [0.29, 0.717) is 18.2 Å². The van der Waals surface area contributed by atoms with Gasteiger partial charge in [0.05, 0.1) is 12.7 Å². The molecule has 1 N–H and O–H groups in total. The maximum atomic E-state index is 6.03. The van der Waals surface area contributed by atoms with Crippen LogP contribution in [-0.4, -0.2) is 73.9 Å². The normalized spacial score (nSPS) is 28.1. The molecule has 2 unspecified atom stereocenters. The van der Waals surface area contributed by atoms with E-state index in [0.717, 1.165) is 32.2 Å². The van der Waals surface area contributed by atoms with Gasteiger partial charge in [-0.2, -0.15) is 0 Å². The average Bonchev–Trinajstić information content (AvgIpc) is 2.91. The molecule has 2 heterocycles. The Kier molecular flexibility index (Phi) is 6.93. The van der Waals surface area contributed by atoms with Crippen LogP contribution in [0.3, 0.4) is 0 Å². The predicted octanol–water partition coefficient (Wildman–Crippen LogP) is 1.81. The highest BCUT2D eigenvalue weighted by Crippen LogP contribution is 2.13. The molecule has 2 rings (SSSR count). The van der Waals surface area contributed by atoms with Crippen LogP contribution in [0.15, 0.2) is 0 Å². The molecule has 4 heteroatoms. The average molecular weight is 297 g/mol. The number of nitrogens with zero attached hydrogens (tertiary/aromatic N) is 2. The van der Waals surface area contributed by atoms with Gasteiger partial charge in [0.15, 0.2) is 0 Å². The van der Waals surface area contributed by atoms with Crippen molar-refractivity contribution in [2.75, 3.05) is 45.9 Å². The van der Waals surface area contributed by atoms with Gasteiger partial charge < -0.3 is 10.1 Å². The number of ether oxygens (including phenoxy) is 1. The number of nitrogens with one attached hydrogen (secondary N) is 1. The summed E-state index contributed by atoms with van der Waals surface area (Å²) in [5, 5.41) is 3.63. The van der Waals surface area contributed by atoms with Crippen LogP contribution < -0.4 is 5.32 Å². The molecular formula is C17H35N3O. The Balaban J connectivity index is 1.84. The van der Waals surface area contributed by atoms with Crippen LogP contribution in [0.1, 0.15) is 40.5 Å². The van der Waals surface area contributed by atoms with Gasteiger partial charge >= 0.3 is 0 Å². The Labute approximate surface area is 131 Å². The second kappa shape index (κ2) is 8.47. The SMILES string of the molecule is CC(C)CN(CC1CCCN1)CC1CN(C(C)C)CCO1. The van der Waals surface area contributed by atoms with E-state index in [2.05, 4.69) is 42.8 Å². The van der Waals surface area contributed by atoms with Crippen LogP contribution in [0.5, 0.6) is 0 Å². The summed E-state index contributed by atoms with van der Waals surface area (Å²) in [6.07, 6.45) is 3.04. The molecule has 2 fully saturated rings. The first-order chi connectivity index (χ1) is 10.0. The lowest BCUT2D eigenvalue weighted by Crippen LogP contribution is -2.51. The molecule has 0 spiro atoms. The third-order valence-electron chi connectivity index (χ3n) is 4.63. The molecule has 0 saturated carbocycles. The number of hydrogen-bond donors (Lipinski definition) is 1. The van der Waals surface area contributed by atoms with E-state index in [1.165, 1.54) is 32.5 Å². The van der Waals surface area contributed by atoms with Crippen molar-refractivity contribution in [1.82, 2.24) is 15.1 Å². The minimum Gasteiger partial charge on any atom is -0.374 e. The van der Waals surface area contributed by atoms with Crippen LogP contribution in [0.4, 0.5) is 0 Å². The van der Waals surface area contributed by atoms with Gasteiger partial charge in [-0.25, -0.2) is 0 Å². The zero-order chi connectivity index (χ0) is 15.2. The summed E-state index contributed by atoms with van der Waals surface area (Å²) in [5.74, 6) is 0.719. The van der Waals surface area contributed by atoms with E-state index in [9.17, 15) is 0 Å². The van der Waals surface area contributed by atoms with Crippen LogP contribution in [0, 0.1) is 5.92 Å². The highest BCUT2D eigenvalue weighted by molar-refractivity contribution is 4.82. The minimum absolute atomic E-state index is 0.376. The second-order valence-corrected chi connectivity index (χ2v) is 7.49. The van der Waals surface area contributed by atoms with Crippen molar-refractivity contribution in [2.24, 2.45) is 5.92 Å². The van der Waals surface area contributed by atoms with E-state index in [1.54, 1.807) is 0 Å². The molecule has 0 aromatic rings. The quantitative estimate of drug-likeness (QED) is 0.775. The molecule has 2 atom stereocenters. The Bertz CT molecular complexity index is 290. The summed E-state index contributed by atoms with van der Waals surface area (Å²) in [6, 6.07) is 1.32. The van der Waals surface area contributed by atoms with E-state index >= 15 is 0 Å². The largest absolute Gasteiger partial charge is 0.374 e. The summed E-state index contributed by atoms with van der Waals surface area (Å²) < 4.78 is 6.03. The Morgan fingerprint density at radius 2 is 2.05 bits per heavy atom. The molecule has 0 amide bonds. The maximum absolute atomic E-state index is 6.03. The molecule has 0 radical (unpaired) electrons. The van der Waals surface area contributed by atoms with Gasteiger partial charge in [0.1, 0.15) is 0 Å². The van der Waals surface area contributed by atoms with Crippen molar-refractivity contribution < 1.29 is 4.74 Å². The van der Waals surface area contributed by atoms with E-state index in [4.69, 9.17) is 4.74 Å². The van der Waals surface area contributed by atoms with Crippen molar-refractivity contribution in [3.8, 4) is 0 Å². The van der Waals surface area contributed by atoms with E-state index in [-0.39, 0.29) is 0 Å². The van der Waals surface area contributed by atoms with Crippen molar-refractivity contribution in [1.29, 1.82) is 0 Å². The molecular weight excluding hydrogens is 262 g/mol. The van der Waals surface area contributed by atoms with Gasteiger partial charge in [-0.05, 0) is 39.2 Å². The third-order valence-corrected chi connectivity index (χ3v) is 4.63. The fourth-order valence-corrected chi connectivity index (χ4v) is 3.57. The monoisotopic (exact) mass is 297 g/mol. The lowest BCUT2D eigenvalue weighted by Gasteiger charge is -2.38. The van der Waals surface area contributed by atoms with Gasteiger partial charge in [-0.3, -0.25) is 9.80 Å². The van der Waals surface area contributed by atoms with Crippen molar-refractivity contribution in [3.63, 3.8) is 0 Å². The highest BCUT2D eigenvalue weighted by Gasteiger charge is 2.26. The summed E-state index contributed by atoms with van der Waals surface area (Å²) >= 11 is 0. The zero-order valence-electron chi connectivity index (χ0n) is 14.5. The lowest BCUT2D eigenvalue weighted by molar-refractivity contribution is -0.0537. The van der Waals surface area contributed by atoms with Crippen molar-refractivity contribution in [2.45, 2.75) is 58.7 Å². The van der Waals surface area contributed by atoms with Crippen LogP contribution in [0.25, 0.3) is 0 Å². The number of morpholine rings is 1. The Morgan fingerprint density at radius 1 is 1.24 bits per heavy atom. The maximum Gasteiger partial charge on any atom is 0.0829 e. The topological polar surface area (TPSA) is 27.7 Å². The van der Waals surface area contributed by atoms with Crippen LogP contribution in [0.2, 0.25) is 0 Å². The van der Waals surface area contributed by atoms with Gasteiger partial charge in [0.25, 0.3) is 0 Å². The van der Waals surface area contributed by atoms with Gasteiger partial charge in [0.2, 0.25) is 0 Å². The van der Waals surface area contributed by atoms with Gasteiger partial charge in [-0.1, -0.05) is 13.8 Å². The number of hydrogen-bond acceptors (Lipinski definition) is 4. The Hall–Kier alpha value is -0.160. The number of rotatable bonds is 7. The Morgan fingerprint density at radius 3 is 2.67 bits per heavy atom. The van der Waals surface area contributed by atoms with Crippen LogP contribution in [-0.2, 0) is 4.74 Å². The molecule has 124 valence electrons. The fraction of sp³-hybridized carbons (Fsp3) is 1.00. The third kappa shape index (κ3) is 5.85. The standard InChI is InChI=1S/C17H35N3O/c1-14(2)10-19(11-16-6-5-7-18-16)12-17-13-20(15(3)4)8-9-21-17/h14-18H,5-13H2,1-4H3. The van der Waals surface area contributed by atoms with Crippen LogP contribution >= 0.6 is 0 Å². The van der Waals surface area contributed by atoms with E-state index in [1.807, 2.05) is 0 Å². The summed E-state index contributed by atoms with van der Waals surface area (Å²) in [6.45, 7) is 16.9. The zero-order valence-corrected chi connectivity index (χ0v) is 14.5. The fourth-order valence-electron chi connectivity index (χ4n) is 3.57. The molecule has 2 aliphatic rings. The first-order valence-electron chi connectivity index (χ1n) is 8.86. The smallest absolute Gasteiger partial charge is 0.0829 e. The molecule has 0 bridgehead atoms. The summed E-state index contributed by atoms with van der Waals surface area (Å²) in [4.78, 5) is 5.18. The lowest BCUT2D eigenvalue weighted by atomic mass is 10.1. The summed E-state index contributed by atoms with van der Waals surface area (Å²) in [7, 11) is 0. The van der Waals surface area contributed by atoms with Gasteiger partial charge in [0, 0.05) is 44.8 Å². The van der Waals surface area contributed by atoms with Crippen molar-refractivity contribution >= 4 is 0 Å². The second-order valence-electron chi connectivity index (χ2n) is 7.49. The first kappa shape index (κ1) is 17.2. The summed E-state index contributed by atoms with van der Waals surface area (Å²) in [5.41, 5.74) is 0. The predicted molar refractivity (Wildman–Crippen MR) is 88.8 cm³/mol. The molecule has 2 saturated heterocycles. The molecule has 4 nitrogen and oxygen atoms in total. The molecule has 0 aliphatic carbocycles.